The zero-order chi connectivity index (χ0) is 12.6. The van der Waals surface area contributed by atoms with Crippen LogP contribution in [0.2, 0.25) is 0 Å². The second-order valence-electron chi connectivity index (χ2n) is 3.65. The van der Waals surface area contributed by atoms with Crippen molar-refractivity contribution in [3.63, 3.8) is 0 Å². The maximum atomic E-state index is 11.7. The Morgan fingerprint density at radius 2 is 1.76 bits per heavy atom. The first kappa shape index (κ1) is 11.8. The Labute approximate surface area is 104 Å². The van der Waals surface area contributed by atoms with Crippen molar-refractivity contribution >= 4 is 32.7 Å². The minimum absolute atomic E-state index is 0.0843. The fraction of sp³-hybridized carbons (Fsp3) is 0.182. The van der Waals surface area contributed by atoms with E-state index in [0.29, 0.717) is 16.6 Å². The number of aromatic nitrogens is 2. The number of rotatable bonds is 2. The summed E-state index contributed by atoms with van der Waals surface area (Å²) in [6.07, 6.45) is 0. The summed E-state index contributed by atoms with van der Waals surface area (Å²) in [5, 5.41) is 0. The average molecular weight is 297 g/mol. The number of halogens is 1. The number of fused-ring (bicyclic) bond motifs is 1. The van der Waals surface area contributed by atoms with Crippen LogP contribution < -0.4 is 11.1 Å². The van der Waals surface area contributed by atoms with Crippen molar-refractivity contribution in [1.29, 1.82) is 0 Å². The normalized spacial score (nSPS) is 12.6. The molecule has 88 valence electrons. The average Bonchev–Trinajstić information content (AvgIpc) is 2.29. The maximum absolute atomic E-state index is 11.7. The molecule has 0 bridgehead atoms. The number of carbonyl (C=O) groups is 1. The molecule has 0 radical (unpaired) electrons. The standard InChI is InChI=1S/C11H9BrN2O3/c1-5(12)9(15)6-2-3-7-8(4-6)14-11(17)10(16)13-7/h2-5H,1H3,(H,13,16)(H,14,17). The number of benzene rings is 1. The van der Waals surface area contributed by atoms with E-state index >= 15 is 0 Å². The van der Waals surface area contributed by atoms with Gasteiger partial charge in [0.05, 0.1) is 15.9 Å². The molecule has 0 fully saturated rings. The number of alkyl halides is 1. The van der Waals surface area contributed by atoms with Gasteiger partial charge in [-0.1, -0.05) is 15.9 Å². The summed E-state index contributed by atoms with van der Waals surface area (Å²) in [5.41, 5.74) is -0.0222. The Morgan fingerprint density at radius 3 is 2.35 bits per heavy atom. The molecule has 0 amide bonds. The van der Waals surface area contributed by atoms with Crippen LogP contribution in [0.15, 0.2) is 27.8 Å². The molecule has 1 aromatic carbocycles. The molecule has 0 saturated heterocycles. The molecule has 17 heavy (non-hydrogen) atoms. The number of H-pyrrole nitrogens is 2. The van der Waals surface area contributed by atoms with E-state index in [0.717, 1.165) is 0 Å². The van der Waals surface area contributed by atoms with E-state index in [1.54, 1.807) is 25.1 Å². The third-order valence-corrected chi connectivity index (χ3v) is 2.78. The Hall–Kier alpha value is -1.69. The Bertz CT molecular complexity index is 700. The van der Waals surface area contributed by atoms with E-state index in [1.165, 1.54) is 0 Å². The van der Waals surface area contributed by atoms with Crippen LogP contribution in [-0.2, 0) is 0 Å². The molecule has 2 N–H and O–H groups in total. The molecule has 0 saturated carbocycles. The van der Waals surface area contributed by atoms with Crippen LogP contribution in [0.3, 0.4) is 0 Å². The van der Waals surface area contributed by atoms with Crippen molar-refractivity contribution in [3.8, 4) is 0 Å². The topological polar surface area (TPSA) is 82.8 Å². The lowest BCUT2D eigenvalue weighted by Gasteiger charge is -2.04. The molecular formula is C11H9BrN2O3. The molecule has 0 aliphatic rings. The summed E-state index contributed by atoms with van der Waals surface area (Å²) in [4.78, 5) is 38.5. The highest BCUT2D eigenvalue weighted by Gasteiger charge is 2.12. The van der Waals surface area contributed by atoms with Crippen LogP contribution in [0.1, 0.15) is 17.3 Å². The highest BCUT2D eigenvalue weighted by Crippen LogP contribution is 2.13. The lowest BCUT2D eigenvalue weighted by molar-refractivity contribution is 0.0996. The molecule has 1 aromatic heterocycles. The van der Waals surface area contributed by atoms with Gasteiger partial charge in [-0.3, -0.25) is 14.4 Å². The van der Waals surface area contributed by atoms with Gasteiger partial charge in [-0.05, 0) is 25.1 Å². The fourth-order valence-corrected chi connectivity index (χ4v) is 1.76. The summed E-state index contributed by atoms with van der Waals surface area (Å²) in [7, 11) is 0. The highest BCUT2D eigenvalue weighted by atomic mass is 79.9. The van der Waals surface area contributed by atoms with Crippen LogP contribution in [0.25, 0.3) is 11.0 Å². The van der Waals surface area contributed by atoms with Crippen molar-refractivity contribution in [1.82, 2.24) is 9.97 Å². The van der Waals surface area contributed by atoms with Crippen LogP contribution in [0.4, 0.5) is 0 Å². The second-order valence-corrected chi connectivity index (χ2v) is 5.02. The van der Waals surface area contributed by atoms with Crippen molar-refractivity contribution in [2.75, 3.05) is 0 Å². The molecule has 1 atom stereocenters. The van der Waals surface area contributed by atoms with Crippen LogP contribution >= 0.6 is 15.9 Å². The molecule has 1 heterocycles. The molecular weight excluding hydrogens is 288 g/mol. The van der Waals surface area contributed by atoms with Crippen molar-refractivity contribution in [3.05, 3.63) is 44.5 Å². The molecule has 1 unspecified atom stereocenters. The fourth-order valence-electron chi connectivity index (χ4n) is 1.50. The Morgan fingerprint density at radius 1 is 1.18 bits per heavy atom. The van der Waals surface area contributed by atoms with E-state index < -0.39 is 11.1 Å². The van der Waals surface area contributed by atoms with Crippen molar-refractivity contribution < 1.29 is 4.79 Å². The highest BCUT2D eigenvalue weighted by molar-refractivity contribution is 9.10. The predicted molar refractivity (Wildman–Crippen MR) is 67.9 cm³/mol. The minimum Gasteiger partial charge on any atom is -0.316 e. The third kappa shape index (κ3) is 2.21. The Balaban J connectivity index is 2.66. The number of nitrogens with one attached hydrogen (secondary N) is 2. The van der Waals surface area contributed by atoms with E-state index in [9.17, 15) is 14.4 Å². The number of carbonyl (C=O) groups excluding carboxylic acids is 1. The van der Waals surface area contributed by atoms with Gasteiger partial charge in [0.1, 0.15) is 0 Å². The number of hydrogen-bond acceptors (Lipinski definition) is 3. The summed E-state index contributed by atoms with van der Waals surface area (Å²) in [6.45, 7) is 1.72. The monoisotopic (exact) mass is 296 g/mol. The molecule has 2 aromatic rings. The minimum atomic E-state index is -0.728. The first-order chi connectivity index (χ1) is 7.99. The van der Waals surface area contributed by atoms with Gasteiger partial charge < -0.3 is 9.97 Å². The summed E-state index contributed by atoms with van der Waals surface area (Å²) in [5.74, 6) is -0.0843. The summed E-state index contributed by atoms with van der Waals surface area (Å²) < 4.78 is 0. The number of hydrogen-bond donors (Lipinski definition) is 2. The van der Waals surface area contributed by atoms with Gasteiger partial charge in [0.15, 0.2) is 5.78 Å². The Kier molecular flexibility index (Phi) is 2.97. The van der Waals surface area contributed by atoms with Gasteiger partial charge in [-0.2, -0.15) is 0 Å². The lowest BCUT2D eigenvalue weighted by atomic mass is 10.1. The SMILES string of the molecule is CC(Br)C(=O)c1ccc2[nH]c(=O)c(=O)[nH]c2c1. The lowest BCUT2D eigenvalue weighted by Crippen LogP contribution is -2.29. The first-order valence-electron chi connectivity index (χ1n) is 4.93. The molecule has 0 aliphatic carbocycles. The van der Waals surface area contributed by atoms with Gasteiger partial charge in [0, 0.05) is 5.56 Å². The van der Waals surface area contributed by atoms with E-state index in [1.807, 2.05) is 0 Å². The molecule has 5 nitrogen and oxygen atoms in total. The van der Waals surface area contributed by atoms with Gasteiger partial charge in [0.25, 0.3) is 0 Å². The van der Waals surface area contributed by atoms with E-state index in [-0.39, 0.29) is 10.6 Å². The zero-order valence-corrected chi connectivity index (χ0v) is 10.5. The number of ketones is 1. The van der Waals surface area contributed by atoms with Crippen molar-refractivity contribution in [2.45, 2.75) is 11.8 Å². The van der Waals surface area contributed by atoms with E-state index in [4.69, 9.17) is 0 Å². The summed E-state index contributed by atoms with van der Waals surface area (Å²) >= 11 is 3.19. The smallest absolute Gasteiger partial charge is 0.314 e. The molecule has 0 aliphatic heterocycles. The third-order valence-electron chi connectivity index (χ3n) is 2.37. The molecule has 2 rings (SSSR count). The second kappa shape index (κ2) is 4.29. The van der Waals surface area contributed by atoms with Crippen LogP contribution in [0.5, 0.6) is 0 Å². The molecule has 0 spiro atoms. The van der Waals surface area contributed by atoms with E-state index in [2.05, 4.69) is 25.9 Å². The van der Waals surface area contributed by atoms with Crippen LogP contribution in [-0.4, -0.2) is 20.6 Å². The van der Waals surface area contributed by atoms with Gasteiger partial charge >= 0.3 is 11.1 Å². The number of aromatic amines is 2. The van der Waals surface area contributed by atoms with Gasteiger partial charge in [0.2, 0.25) is 0 Å². The van der Waals surface area contributed by atoms with Gasteiger partial charge in [-0.15, -0.1) is 0 Å². The van der Waals surface area contributed by atoms with Crippen LogP contribution in [0, 0.1) is 0 Å². The van der Waals surface area contributed by atoms with Crippen molar-refractivity contribution in [2.24, 2.45) is 0 Å². The number of Topliss-reactive ketones (excluding diaryl/α,β-unsaturated/α-hetero) is 1. The van der Waals surface area contributed by atoms with Gasteiger partial charge in [-0.25, -0.2) is 0 Å². The largest absolute Gasteiger partial charge is 0.316 e. The maximum Gasteiger partial charge on any atom is 0.314 e. The molecule has 6 heteroatoms. The summed E-state index contributed by atoms with van der Waals surface area (Å²) in [6, 6.07) is 4.75. The first-order valence-corrected chi connectivity index (χ1v) is 5.85. The predicted octanol–water partition coefficient (Wildman–Crippen LogP) is 1.18. The zero-order valence-electron chi connectivity index (χ0n) is 8.91. The quantitative estimate of drug-likeness (QED) is 0.496.